The summed E-state index contributed by atoms with van der Waals surface area (Å²) in [6.45, 7) is 2.04. The summed E-state index contributed by atoms with van der Waals surface area (Å²) < 4.78 is 0. The monoisotopic (exact) mass is 392 g/mol. The molecule has 2 aliphatic heterocycles. The number of piperidine rings is 1. The molecule has 0 aliphatic carbocycles. The summed E-state index contributed by atoms with van der Waals surface area (Å²) in [5.74, 6) is -1.10. The smallest absolute Gasteiger partial charge is 0.254 e. The van der Waals surface area contributed by atoms with Gasteiger partial charge in [0, 0.05) is 24.5 Å². The van der Waals surface area contributed by atoms with Crippen LogP contribution in [0, 0.1) is 0 Å². The summed E-state index contributed by atoms with van der Waals surface area (Å²) in [6, 6.07) is 13.6. The number of amides is 3. The molecule has 0 aromatic heterocycles. The minimum atomic E-state index is -0.930. The lowest BCUT2D eigenvalue weighted by molar-refractivity contribution is -0.122. The molecule has 1 atom stereocenters. The van der Waals surface area contributed by atoms with Gasteiger partial charge in [0.05, 0.1) is 17.7 Å². The van der Waals surface area contributed by atoms with E-state index < -0.39 is 11.9 Å². The molecule has 1 saturated heterocycles. The molecule has 3 amide bonds. The Labute approximate surface area is 169 Å². The third-order valence-corrected chi connectivity index (χ3v) is 5.29. The molecule has 1 fully saturated rings. The van der Waals surface area contributed by atoms with Crippen LogP contribution in [0.15, 0.2) is 48.5 Å². The van der Waals surface area contributed by atoms with Gasteiger partial charge in [0.25, 0.3) is 5.91 Å². The van der Waals surface area contributed by atoms with Crippen LogP contribution in [0.4, 0.5) is 17.1 Å². The van der Waals surface area contributed by atoms with Crippen molar-refractivity contribution in [3.63, 3.8) is 0 Å². The zero-order valence-corrected chi connectivity index (χ0v) is 16.1. The Morgan fingerprint density at radius 1 is 1.03 bits per heavy atom. The highest BCUT2D eigenvalue weighted by Gasteiger charge is 2.29. The molecule has 150 valence electrons. The molecule has 4 rings (SSSR count). The SMILES string of the molecule is O=C(C[C@@H]1NC(=O)c2ccccc2NC1=O)Nc1cccc(N2CCCCC2)c1. The molecule has 2 aromatic carbocycles. The van der Waals surface area contributed by atoms with Gasteiger partial charge in [-0.15, -0.1) is 0 Å². The van der Waals surface area contributed by atoms with E-state index in [4.69, 9.17) is 0 Å². The van der Waals surface area contributed by atoms with Crippen LogP contribution in [0.25, 0.3) is 0 Å². The number of para-hydroxylation sites is 1. The lowest BCUT2D eigenvalue weighted by Crippen LogP contribution is -2.43. The van der Waals surface area contributed by atoms with E-state index in [1.54, 1.807) is 24.3 Å². The Balaban J connectivity index is 1.41. The first kappa shape index (κ1) is 19.0. The van der Waals surface area contributed by atoms with Crippen molar-refractivity contribution in [1.82, 2.24) is 5.32 Å². The number of hydrogen-bond donors (Lipinski definition) is 3. The Morgan fingerprint density at radius 3 is 2.66 bits per heavy atom. The molecule has 7 heteroatoms. The molecule has 7 nitrogen and oxygen atoms in total. The van der Waals surface area contributed by atoms with E-state index in [9.17, 15) is 14.4 Å². The third-order valence-electron chi connectivity index (χ3n) is 5.29. The van der Waals surface area contributed by atoms with E-state index in [1.165, 1.54) is 19.3 Å². The molecule has 29 heavy (non-hydrogen) atoms. The second kappa shape index (κ2) is 8.34. The number of hydrogen-bond acceptors (Lipinski definition) is 4. The van der Waals surface area contributed by atoms with Crippen LogP contribution < -0.4 is 20.9 Å². The van der Waals surface area contributed by atoms with Crippen molar-refractivity contribution in [2.24, 2.45) is 0 Å². The van der Waals surface area contributed by atoms with Gasteiger partial charge in [-0.1, -0.05) is 18.2 Å². The normalized spacial score (nSPS) is 18.9. The molecule has 0 spiro atoms. The number of nitrogens with zero attached hydrogens (tertiary/aromatic N) is 1. The van der Waals surface area contributed by atoms with E-state index in [1.807, 2.05) is 24.3 Å². The van der Waals surface area contributed by atoms with Crippen molar-refractivity contribution in [2.75, 3.05) is 28.6 Å². The van der Waals surface area contributed by atoms with Crippen LogP contribution in [-0.4, -0.2) is 36.9 Å². The average Bonchev–Trinajstić information content (AvgIpc) is 2.85. The number of nitrogens with one attached hydrogen (secondary N) is 3. The van der Waals surface area contributed by atoms with Crippen molar-refractivity contribution < 1.29 is 14.4 Å². The lowest BCUT2D eigenvalue weighted by Gasteiger charge is -2.29. The quantitative estimate of drug-likeness (QED) is 0.746. The Hall–Kier alpha value is -3.35. The first-order chi connectivity index (χ1) is 14.1. The summed E-state index contributed by atoms with van der Waals surface area (Å²) in [5, 5.41) is 8.21. The van der Waals surface area contributed by atoms with Crippen LogP contribution in [0.2, 0.25) is 0 Å². The zero-order chi connectivity index (χ0) is 20.2. The minimum absolute atomic E-state index is 0.139. The van der Waals surface area contributed by atoms with Crippen molar-refractivity contribution in [3.8, 4) is 0 Å². The van der Waals surface area contributed by atoms with Gasteiger partial charge in [-0.05, 0) is 49.6 Å². The van der Waals surface area contributed by atoms with Gasteiger partial charge in [-0.25, -0.2) is 0 Å². The number of carbonyl (C=O) groups is 3. The van der Waals surface area contributed by atoms with Crippen LogP contribution in [-0.2, 0) is 9.59 Å². The second-order valence-electron chi connectivity index (χ2n) is 7.41. The summed E-state index contributed by atoms with van der Waals surface area (Å²) in [7, 11) is 0. The fourth-order valence-electron chi connectivity index (χ4n) is 3.79. The molecule has 0 unspecified atom stereocenters. The van der Waals surface area contributed by atoms with Crippen LogP contribution >= 0.6 is 0 Å². The maximum absolute atomic E-state index is 12.5. The average molecular weight is 392 g/mol. The zero-order valence-electron chi connectivity index (χ0n) is 16.1. The largest absolute Gasteiger partial charge is 0.371 e. The van der Waals surface area contributed by atoms with E-state index >= 15 is 0 Å². The van der Waals surface area contributed by atoms with Gasteiger partial charge in [-0.2, -0.15) is 0 Å². The highest BCUT2D eigenvalue weighted by molar-refractivity contribution is 6.11. The molecule has 2 aromatic rings. The summed E-state index contributed by atoms with van der Waals surface area (Å²) in [6.07, 6.45) is 3.47. The molecule has 0 radical (unpaired) electrons. The van der Waals surface area contributed by atoms with Crippen molar-refractivity contribution in [3.05, 3.63) is 54.1 Å². The number of benzene rings is 2. The molecule has 0 saturated carbocycles. The third kappa shape index (κ3) is 4.39. The van der Waals surface area contributed by atoms with Crippen molar-refractivity contribution in [1.29, 1.82) is 0 Å². The summed E-state index contributed by atoms with van der Waals surface area (Å²) in [4.78, 5) is 39.7. The fraction of sp³-hybridized carbons (Fsp3) is 0.318. The highest BCUT2D eigenvalue weighted by Crippen LogP contribution is 2.23. The Morgan fingerprint density at radius 2 is 1.83 bits per heavy atom. The van der Waals surface area contributed by atoms with Crippen LogP contribution in [0.5, 0.6) is 0 Å². The summed E-state index contributed by atoms with van der Waals surface area (Å²) >= 11 is 0. The minimum Gasteiger partial charge on any atom is -0.371 e. The van der Waals surface area contributed by atoms with Gasteiger partial charge in [-0.3, -0.25) is 14.4 Å². The number of fused-ring (bicyclic) bond motifs is 1. The number of anilines is 3. The van der Waals surface area contributed by atoms with E-state index in [2.05, 4.69) is 20.9 Å². The molecule has 3 N–H and O–H groups in total. The number of carbonyl (C=O) groups excluding carboxylic acids is 3. The Bertz CT molecular complexity index is 937. The fourth-order valence-corrected chi connectivity index (χ4v) is 3.79. The Kier molecular flexibility index (Phi) is 5.46. The van der Waals surface area contributed by atoms with Crippen LogP contribution in [0.3, 0.4) is 0 Å². The summed E-state index contributed by atoms with van der Waals surface area (Å²) in [5.41, 5.74) is 2.60. The first-order valence-corrected chi connectivity index (χ1v) is 9.96. The van der Waals surface area contributed by atoms with Gasteiger partial charge in [0.2, 0.25) is 11.8 Å². The van der Waals surface area contributed by atoms with Crippen molar-refractivity contribution in [2.45, 2.75) is 31.7 Å². The van der Waals surface area contributed by atoms with Crippen molar-refractivity contribution >= 4 is 34.8 Å². The maximum Gasteiger partial charge on any atom is 0.254 e. The van der Waals surface area contributed by atoms with Gasteiger partial charge >= 0.3 is 0 Å². The van der Waals surface area contributed by atoms with Gasteiger partial charge in [0.15, 0.2) is 0 Å². The molecule has 2 aliphatic rings. The maximum atomic E-state index is 12.5. The van der Waals surface area contributed by atoms with E-state index in [0.29, 0.717) is 16.9 Å². The predicted molar refractivity (Wildman–Crippen MR) is 112 cm³/mol. The van der Waals surface area contributed by atoms with E-state index in [-0.39, 0.29) is 18.2 Å². The van der Waals surface area contributed by atoms with Gasteiger partial charge < -0.3 is 20.9 Å². The molecular formula is C22H24N4O3. The molecule has 2 heterocycles. The molecule has 0 bridgehead atoms. The molecular weight excluding hydrogens is 368 g/mol. The van der Waals surface area contributed by atoms with Gasteiger partial charge in [0.1, 0.15) is 6.04 Å². The number of rotatable bonds is 4. The first-order valence-electron chi connectivity index (χ1n) is 9.96. The van der Waals surface area contributed by atoms with Crippen LogP contribution in [0.1, 0.15) is 36.0 Å². The van der Waals surface area contributed by atoms with E-state index in [0.717, 1.165) is 18.8 Å². The predicted octanol–water partition coefficient (Wildman–Crippen LogP) is 2.76. The standard InChI is InChI=1S/C22H24N4O3/c27-20(23-15-7-6-8-16(13-15)26-11-4-1-5-12-26)14-19-22(29)24-18-10-3-2-9-17(18)21(28)25-19/h2-3,6-10,13,19H,1,4-5,11-12,14H2,(H,23,27)(H,24,29)(H,25,28)/t19-/m0/s1. The second-order valence-corrected chi connectivity index (χ2v) is 7.41. The highest BCUT2D eigenvalue weighted by atomic mass is 16.2. The topological polar surface area (TPSA) is 90.5 Å². The lowest BCUT2D eigenvalue weighted by atomic mass is 10.1.